The van der Waals surface area contributed by atoms with Gasteiger partial charge in [-0.25, -0.2) is 4.79 Å². The van der Waals surface area contributed by atoms with Crippen LogP contribution < -0.4 is 4.74 Å². The lowest BCUT2D eigenvalue weighted by Crippen LogP contribution is -2.09. The van der Waals surface area contributed by atoms with Crippen LogP contribution in [0.5, 0.6) is 5.75 Å². The second-order valence-electron chi connectivity index (χ2n) is 5.15. The van der Waals surface area contributed by atoms with Gasteiger partial charge in [-0.1, -0.05) is 39.0 Å². The number of hydrogen-bond acceptors (Lipinski definition) is 3. The van der Waals surface area contributed by atoms with E-state index in [4.69, 9.17) is 9.84 Å². The number of hydrogen-bond donors (Lipinski definition) is 1. The molecular formula is C17H24O4. The molecule has 1 aromatic carbocycles. The summed E-state index contributed by atoms with van der Waals surface area (Å²) in [6.07, 6.45) is 7.55. The molecule has 0 aliphatic heterocycles. The number of rotatable bonds is 11. The van der Waals surface area contributed by atoms with Crippen LogP contribution in [0.25, 0.3) is 0 Å². The Morgan fingerprint density at radius 1 is 1.00 bits per heavy atom. The Hall–Kier alpha value is -1.84. The first kappa shape index (κ1) is 17.2. The third-order valence-electron chi connectivity index (χ3n) is 3.30. The predicted molar refractivity (Wildman–Crippen MR) is 81.9 cm³/mol. The first-order chi connectivity index (χ1) is 10.1. The van der Waals surface area contributed by atoms with Gasteiger partial charge in [-0.3, -0.25) is 4.79 Å². The summed E-state index contributed by atoms with van der Waals surface area (Å²) in [6, 6.07) is 6.65. The number of carbonyl (C=O) groups is 2. The highest BCUT2D eigenvalue weighted by Gasteiger charge is 2.06. The van der Waals surface area contributed by atoms with Crippen molar-refractivity contribution in [2.45, 2.75) is 51.9 Å². The van der Waals surface area contributed by atoms with E-state index < -0.39 is 5.97 Å². The van der Waals surface area contributed by atoms with Gasteiger partial charge in [-0.15, -0.1) is 0 Å². The van der Waals surface area contributed by atoms with E-state index in [2.05, 4.69) is 6.92 Å². The number of ether oxygens (including phenoxy) is 1. The monoisotopic (exact) mass is 292 g/mol. The molecule has 0 bridgehead atoms. The Balaban J connectivity index is 2.29. The second kappa shape index (κ2) is 9.97. The Kier molecular flexibility index (Phi) is 8.17. The lowest BCUT2D eigenvalue weighted by molar-refractivity contribution is -0.139. The molecule has 21 heavy (non-hydrogen) atoms. The van der Waals surface area contributed by atoms with E-state index in [-0.39, 0.29) is 12.4 Å². The van der Waals surface area contributed by atoms with Gasteiger partial charge in [0.1, 0.15) is 5.75 Å². The SMILES string of the molecule is CCCCCCCCC(=O)c1ccc(OCC(=O)O)cc1. The summed E-state index contributed by atoms with van der Waals surface area (Å²) >= 11 is 0. The molecule has 1 N–H and O–H groups in total. The van der Waals surface area contributed by atoms with E-state index >= 15 is 0 Å². The lowest BCUT2D eigenvalue weighted by Gasteiger charge is -2.05. The van der Waals surface area contributed by atoms with Crippen molar-refractivity contribution < 1.29 is 19.4 Å². The van der Waals surface area contributed by atoms with Crippen molar-refractivity contribution in [2.75, 3.05) is 6.61 Å². The third kappa shape index (κ3) is 7.49. The van der Waals surface area contributed by atoms with E-state index in [0.717, 1.165) is 12.8 Å². The van der Waals surface area contributed by atoms with E-state index in [0.29, 0.717) is 17.7 Å². The molecule has 0 heterocycles. The smallest absolute Gasteiger partial charge is 0.341 e. The van der Waals surface area contributed by atoms with Crippen LogP contribution in [-0.4, -0.2) is 23.5 Å². The van der Waals surface area contributed by atoms with Gasteiger partial charge in [0.2, 0.25) is 0 Å². The van der Waals surface area contributed by atoms with Crippen molar-refractivity contribution in [3.05, 3.63) is 29.8 Å². The van der Waals surface area contributed by atoms with Crippen LogP contribution in [-0.2, 0) is 4.79 Å². The number of carbonyl (C=O) groups excluding carboxylic acids is 1. The molecule has 0 amide bonds. The maximum Gasteiger partial charge on any atom is 0.341 e. The van der Waals surface area contributed by atoms with Crippen molar-refractivity contribution in [1.82, 2.24) is 0 Å². The van der Waals surface area contributed by atoms with Crippen LogP contribution >= 0.6 is 0 Å². The van der Waals surface area contributed by atoms with Crippen LogP contribution in [0.2, 0.25) is 0 Å². The van der Waals surface area contributed by atoms with Gasteiger partial charge in [0, 0.05) is 12.0 Å². The van der Waals surface area contributed by atoms with Crippen LogP contribution in [0, 0.1) is 0 Å². The number of ketones is 1. The molecular weight excluding hydrogens is 268 g/mol. The maximum atomic E-state index is 12.0. The minimum Gasteiger partial charge on any atom is -0.482 e. The molecule has 0 atom stereocenters. The molecule has 0 aliphatic carbocycles. The summed E-state index contributed by atoms with van der Waals surface area (Å²) < 4.78 is 5.03. The normalized spacial score (nSPS) is 10.3. The third-order valence-corrected chi connectivity index (χ3v) is 3.30. The molecule has 0 saturated carbocycles. The molecule has 0 radical (unpaired) electrons. The summed E-state index contributed by atoms with van der Waals surface area (Å²) in [7, 11) is 0. The molecule has 0 saturated heterocycles. The quantitative estimate of drug-likeness (QED) is 0.493. The topological polar surface area (TPSA) is 63.6 Å². The molecule has 0 aromatic heterocycles. The van der Waals surface area contributed by atoms with E-state index in [9.17, 15) is 9.59 Å². The number of benzene rings is 1. The van der Waals surface area contributed by atoms with E-state index in [1.54, 1.807) is 24.3 Å². The van der Waals surface area contributed by atoms with Gasteiger partial charge in [0.05, 0.1) is 0 Å². The first-order valence-electron chi connectivity index (χ1n) is 7.61. The van der Waals surface area contributed by atoms with Crippen LogP contribution in [0.1, 0.15) is 62.2 Å². The molecule has 4 heteroatoms. The molecule has 1 aromatic rings. The minimum absolute atomic E-state index is 0.135. The van der Waals surface area contributed by atoms with Gasteiger partial charge in [0.15, 0.2) is 12.4 Å². The van der Waals surface area contributed by atoms with Gasteiger partial charge in [-0.05, 0) is 30.7 Å². The molecule has 1 rings (SSSR count). The summed E-state index contributed by atoms with van der Waals surface area (Å²) in [5.41, 5.74) is 0.659. The minimum atomic E-state index is -1.02. The fourth-order valence-corrected chi connectivity index (χ4v) is 2.09. The number of Topliss-reactive ketones (excluding diaryl/α,β-unsaturated/α-hetero) is 1. The average Bonchev–Trinajstić information content (AvgIpc) is 2.49. The van der Waals surface area contributed by atoms with E-state index in [1.807, 2.05) is 0 Å². The molecule has 0 aliphatic rings. The summed E-state index contributed by atoms with van der Waals surface area (Å²) in [5, 5.41) is 8.51. The van der Waals surface area contributed by atoms with Gasteiger partial charge in [-0.2, -0.15) is 0 Å². The largest absolute Gasteiger partial charge is 0.482 e. The van der Waals surface area contributed by atoms with Crippen molar-refractivity contribution in [2.24, 2.45) is 0 Å². The molecule has 4 nitrogen and oxygen atoms in total. The number of unbranched alkanes of at least 4 members (excludes halogenated alkanes) is 5. The highest BCUT2D eigenvalue weighted by molar-refractivity contribution is 5.96. The first-order valence-corrected chi connectivity index (χ1v) is 7.61. The maximum absolute atomic E-state index is 12.0. The van der Waals surface area contributed by atoms with E-state index in [1.165, 1.54) is 25.7 Å². The highest BCUT2D eigenvalue weighted by Crippen LogP contribution is 2.15. The zero-order valence-corrected chi connectivity index (χ0v) is 12.6. The van der Waals surface area contributed by atoms with Gasteiger partial charge in [0.25, 0.3) is 0 Å². The zero-order chi connectivity index (χ0) is 15.5. The van der Waals surface area contributed by atoms with Gasteiger partial charge < -0.3 is 9.84 Å². The number of carboxylic acid groups (broad SMARTS) is 1. The van der Waals surface area contributed by atoms with Crippen LogP contribution in [0.3, 0.4) is 0 Å². The van der Waals surface area contributed by atoms with Crippen molar-refractivity contribution in [3.63, 3.8) is 0 Å². The second-order valence-corrected chi connectivity index (χ2v) is 5.15. The fraction of sp³-hybridized carbons (Fsp3) is 0.529. The Bertz CT molecular complexity index is 437. The number of aliphatic carboxylic acids is 1. The molecule has 0 unspecified atom stereocenters. The average molecular weight is 292 g/mol. The number of carboxylic acids is 1. The van der Waals surface area contributed by atoms with Crippen LogP contribution in [0.15, 0.2) is 24.3 Å². The molecule has 116 valence electrons. The predicted octanol–water partition coefficient (Wildman–Crippen LogP) is 4.08. The highest BCUT2D eigenvalue weighted by atomic mass is 16.5. The van der Waals surface area contributed by atoms with Gasteiger partial charge >= 0.3 is 5.97 Å². The molecule has 0 fully saturated rings. The van der Waals surface area contributed by atoms with Crippen molar-refractivity contribution in [3.8, 4) is 5.75 Å². The Morgan fingerprint density at radius 2 is 1.62 bits per heavy atom. The molecule has 0 spiro atoms. The summed E-state index contributed by atoms with van der Waals surface area (Å²) in [5.74, 6) is -0.415. The fourth-order valence-electron chi connectivity index (χ4n) is 2.09. The summed E-state index contributed by atoms with van der Waals surface area (Å²) in [4.78, 5) is 22.4. The summed E-state index contributed by atoms with van der Waals surface area (Å²) in [6.45, 7) is 1.82. The van der Waals surface area contributed by atoms with Crippen molar-refractivity contribution >= 4 is 11.8 Å². The zero-order valence-electron chi connectivity index (χ0n) is 12.6. The standard InChI is InChI=1S/C17H24O4/c1-2-3-4-5-6-7-8-16(18)14-9-11-15(12-10-14)21-13-17(19)20/h9-12H,2-8,13H2,1H3,(H,19,20). The van der Waals surface area contributed by atoms with Crippen LogP contribution in [0.4, 0.5) is 0 Å². The lowest BCUT2D eigenvalue weighted by atomic mass is 10.0. The van der Waals surface area contributed by atoms with Crippen molar-refractivity contribution in [1.29, 1.82) is 0 Å². The Morgan fingerprint density at radius 3 is 2.24 bits per heavy atom. The Labute approximate surface area is 126 Å².